The van der Waals surface area contributed by atoms with Crippen LogP contribution in [-0.4, -0.2) is 23.9 Å². The monoisotopic (exact) mass is 232 g/mol. The summed E-state index contributed by atoms with van der Waals surface area (Å²) in [4.78, 5) is 14.2. The van der Waals surface area contributed by atoms with Gasteiger partial charge >= 0.3 is 0 Å². The molecule has 1 aromatic carbocycles. The van der Waals surface area contributed by atoms with E-state index in [0.29, 0.717) is 11.7 Å². The summed E-state index contributed by atoms with van der Waals surface area (Å²) < 4.78 is 0. The van der Waals surface area contributed by atoms with Gasteiger partial charge in [-0.25, -0.2) is 0 Å². The SMILES string of the molecule is CC(C(=O)N(C)C1CCC1)c1cccc(N)c1. The third-order valence-corrected chi connectivity index (χ3v) is 3.75. The number of carbonyl (C=O) groups is 1. The number of likely N-dealkylation sites (N-methyl/N-ethyl adjacent to an activating group) is 1. The van der Waals surface area contributed by atoms with Crippen molar-refractivity contribution in [3.05, 3.63) is 29.8 Å². The van der Waals surface area contributed by atoms with E-state index < -0.39 is 0 Å². The van der Waals surface area contributed by atoms with Crippen molar-refractivity contribution in [2.24, 2.45) is 0 Å². The van der Waals surface area contributed by atoms with Crippen molar-refractivity contribution in [2.75, 3.05) is 12.8 Å². The zero-order chi connectivity index (χ0) is 12.4. The number of carbonyl (C=O) groups excluding carboxylic acids is 1. The van der Waals surface area contributed by atoms with Crippen molar-refractivity contribution >= 4 is 11.6 Å². The Bertz CT molecular complexity index is 412. The van der Waals surface area contributed by atoms with E-state index in [1.54, 1.807) is 0 Å². The summed E-state index contributed by atoms with van der Waals surface area (Å²) in [5.41, 5.74) is 7.46. The average molecular weight is 232 g/mol. The molecule has 0 aromatic heterocycles. The molecule has 1 fully saturated rings. The summed E-state index contributed by atoms with van der Waals surface area (Å²) in [6.07, 6.45) is 3.53. The van der Waals surface area contributed by atoms with Crippen LogP contribution in [-0.2, 0) is 4.79 Å². The van der Waals surface area contributed by atoms with Crippen LogP contribution in [0.25, 0.3) is 0 Å². The minimum Gasteiger partial charge on any atom is -0.399 e. The molecule has 1 aliphatic rings. The molecule has 0 spiro atoms. The number of benzene rings is 1. The second-order valence-electron chi connectivity index (χ2n) is 4.93. The summed E-state index contributed by atoms with van der Waals surface area (Å²) in [6.45, 7) is 1.95. The minimum atomic E-state index is -0.107. The number of hydrogen-bond acceptors (Lipinski definition) is 2. The number of nitrogens with two attached hydrogens (primary N) is 1. The van der Waals surface area contributed by atoms with E-state index in [9.17, 15) is 4.79 Å². The first-order valence-electron chi connectivity index (χ1n) is 6.21. The van der Waals surface area contributed by atoms with Crippen molar-refractivity contribution in [1.29, 1.82) is 0 Å². The fraction of sp³-hybridized carbons (Fsp3) is 0.500. The van der Waals surface area contributed by atoms with Gasteiger partial charge in [0.2, 0.25) is 5.91 Å². The van der Waals surface area contributed by atoms with Crippen molar-refractivity contribution in [3.63, 3.8) is 0 Å². The van der Waals surface area contributed by atoms with Gasteiger partial charge in [-0.3, -0.25) is 4.79 Å². The summed E-state index contributed by atoms with van der Waals surface area (Å²) >= 11 is 0. The molecular formula is C14H20N2O. The summed E-state index contributed by atoms with van der Waals surface area (Å²) in [7, 11) is 1.91. The van der Waals surface area contributed by atoms with Gasteiger partial charge in [0, 0.05) is 18.8 Å². The van der Waals surface area contributed by atoms with Gasteiger partial charge in [-0.1, -0.05) is 12.1 Å². The lowest BCUT2D eigenvalue weighted by molar-refractivity contribution is -0.134. The molecule has 1 aromatic rings. The lowest BCUT2D eigenvalue weighted by Gasteiger charge is -2.36. The summed E-state index contributed by atoms with van der Waals surface area (Å²) in [5, 5.41) is 0. The highest BCUT2D eigenvalue weighted by molar-refractivity contribution is 5.83. The van der Waals surface area contributed by atoms with Crippen LogP contribution < -0.4 is 5.73 Å². The standard InChI is InChI=1S/C14H20N2O/c1-10(11-5-3-6-12(15)9-11)14(17)16(2)13-7-4-8-13/h3,5-6,9-10,13H,4,7-8,15H2,1-2H3. The lowest BCUT2D eigenvalue weighted by Crippen LogP contribution is -2.43. The molecule has 1 aliphatic carbocycles. The molecule has 0 saturated heterocycles. The highest BCUT2D eigenvalue weighted by Gasteiger charge is 2.28. The molecule has 2 N–H and O–H groups in total. The number of rotatable bonds is 3. The molecular weight excluding hydrogens is 212 g/mol. The number of nitrogens with zero attached hydrogens (tertiary/aromatic N) is 1. The molecule has 3 heteroatoms. The first-order valence-corrected chi connectivity index (χ1v) is 6.21. The average Bonchev–Trinajstić information content (AvgIpc) is 2.24. The molecule has 1 saturated carbocycles. The predicted molar refractivity (Wildman–Crippen MR) is 69.7 cm³/mol. The Morgan fingerprint density at radius 2 is 2.18 bits per heavy atom. The van der Waals surface area contributed by atoms with E-state index in [1.807, 2.05) is 43.1 Å². The Balaban J connectivity index is 2.08. The smallest absolute Gasteiger partial charge is 0.229 e. The topological polar surface area (TPSA) is 46.3 Å². The fourth-order valence-corrected chi connectivity index (χ4v) is 2.23. The Labute approximate surface area is 103 Å². The highest BCUT2D eigenvalue weighted by Crippen LogP contribution is 2.27. The van der Waals surface area contributed by atoms with E-state index in [1.165, 1.54) is 6.42 Å². The summed E-state index contributed by atoms with van der Waals surface area (Å²) in [5.74, 6) is 0.0874. The van der Waals surface area contributed by atoms with E-state index in [2.05, 4.69) is 0 Å². The largest absolute Gasteiger partial charge is 0.399 e. The maximum Gasteiger partial charge on any atom is 0.229 e. The molecule has 1 atom stereocenters. The Morgan fingerprint density at radius 1 is 1.47 bits per heavy atom. The van der Waals surface area contributed by atoms with Crippen LogP contribution in [0, 0.1) is 0 Å². The molecule has 2 rings (SSSR count). The second kappa shape index (κ2) is 4.78. The fourth-order valence-electron chi connectivity index (χ4n) is 2.23. The number of hydrogen-bond donors (Lipinski definition) is 1. The molecule has 3 nitrogen and oxygen atoms in total. The molecule has 1 amide bonds. The van der Waals surface area contributed by atoms with Gasteiger partial charge in [-0.2, -0.15) is 0 Å². The first-order chi connectivity index (χ1) is 8.09. The number of anilines is 1. The molecule has 0 radical (unpaired) electrons. The maximum atomic E-state index is 12.3. The van der Waals surface area contributed by atoms with E-state index in [-0.39, 0.29) is 11.8 Å². The Hall–Kier alpha value is -1.51. The van der Waals surface area contributed by atoms with Crippen molar-refractivity contribution in [3.8, 4) is 0 Å². The van der Waals surface area contributed by atoms with Crippen molar-refractivity contribution in [1.82, 2.24) is 4.90 Å². The van der Waals surface area contributed by atoms with Gasteiger partial charge in [-0.05, 0) is 43.9 Å². The highest BCUT2D eigenvalue weighted by atomic mass is 16.2. The first kappa shape index (κ1) is 12.0. The Kier molecular flexibility index (Phi) is 3.36. The summed E-state index contributed by atoms with van der Waals surface area (Å²) in [6, 6.07) is 8.05. The predicted octanol–water partition coefficient (Wildman–Crippen LogP) is 2.38. The quantitative estimate of drug-likeness (QED) is 0.813. The van der Waals surface area contributed by atoms with Gasteiger partial charge in [-0.15, -0.1) is 0 Å². The molecule has 92 valence electrons. The minimum absolute atomic E-state index is 0.107. The molecule has 1 unspecified atom stereocenters. The third kappa shape index (κ3) is 2.43. The molecule has 0 bridgehead atoms. The van der Waals surface area contributed by atoms with Gasteiger partial charge < -0.3 is 10.6 Å². The van der Waals surface area contributed by atoms with E-state index in [4.69, 9.17) is 5.73 Å². The van der Waals surface area contributed by atoms with E-state index >= 15 is 0 Å². The lowest BCUT2D eigenvalue weighted by atomic mass is 9.90. The Morgan fingerprint density at radius 3 is 2.71 bits per heavy atom. The molecule has 17 heavy (non-hydrogen) atoms. The van der Waals surface area contributed by atoms with Gasteiger partial charge in [0.15, 0.2) is 0 Å². The van der Waals surface area contributed by atoms with Crippen LogP contribution in [0.4, 0.5) is 5.69 Å². The zero-order valence-corrected chi connectivity index (χ0v) is 10.5. The van der Waals surface area contributed by atoms with Crippen molar-refractivity contribution in [2.45, 2.75) is 38.1 Å². The van der Waals surface area contributed by atoms with Crippen LogP contribution >= 0.6 is 0 Å². The van der Waals surface area contributed by atoms with Crippen LogP contribution in [0.2, 0.25) is 0 Å². The normalized spacial score (nSPS) is 17.3. The zero-order valence-electron chi connectivity index (χ0n) is 10.5. The maximum absolute atomic E-state index is 12.3. The van der Waals surface area contributed by atoms with Gasteiger partial charge in [0.05, 0.1) is 5.92 Å². The van der Waals surface area contributed by atoms with Gasteiger partial charge in [0.1, 0.15) is 0 Å². The molecule has 0 heterocycles. The van der Waals surface area contributed by atoms with E-state index in [0.717, 1.165) is 18.4 Å². The molecule has 0 aliphatic heterocycles. The van der Waals surface area contributed by atoms with Gasteiger partial charge in [0.25, 0.3) is 0 Å². The van der Waals surface area contributed by atoms with Crippen LogP contribution in [0.15, 0.2) is 24.3 Å². The van der Waals surface area contributed by atoms with Crippen LogP contribution in [0.1, 0.15) is 37.7 Å². The second-order valence-corrected chi connectivity index (χ2v) is 4.93. The number of nitrogen functional groups attached to an aromatic ring is 1. The van der Waals surface area contributed by atoms with Crippen LogP contribution in [0.5, 0.6) is 0 Å². The third-order valence-electron chi connectivity index (χ3n) is 3.75. The van der Waals surface area contributed by atoms with Crippen molar-refractivity contribution < 1.29 is 4.79 Å². The van der Waals surface area contributed by atoms with Crippen LogP contribution in [0.3, 0.4) is 0 Å². The number of amides is 1.